The van der Waals surface area contributed by atoms with Crippen molar-refractivity contribution in [3.63, 3.8) is 0 Å². The van der Waals surface area contributed by atoms with Gasteiger partial charge < -0.3 is 9.80 Å². The highest BCUT2D eigenvalue weighted by Crippen LogP contribution is 2.19. The van der Waals surface area contributed by atoms with Crippen LogP contribution in [0.25, 0.3) is 11.3 Å². The van der Waals surface area contributed by atoms with Gasteiger partial charge in [0, 0.05) is 44.8 Å². The smallest absolute Gasteiger partial charge is 0.271 e. The fourth-order valence-corrected chi connectivity index (χ4v) is 3.96. The van der Waals surface area contributed by atoms with Crippen molar-refractivity contribution >= 4 is 11.8 Å². The molecule has 2 aliphatic heterocycles. The number of hydrogen-bond acceptors (Lipinski definition) is 4. The maximum atomic E-state index is 13.1. The number of aromatic amines is 1. The van der Waals surface area contributed by atoms with Crippen molar-refractivity contribution < 1.29 is 14.0 Å². The van der Waals surface area contributed by atoms with Gasteiger partial charge in [0.05, 0.1) is 12.2 Å². The van der Waals surface area contributed by atoms with Crippen LogP contribution in [0.1, 0.15) is 29.8 Å². The van der Waals surface area contributed by atoms with E-state index in [1.165, 1.54) is 12.1 Å². The van der Waals surface area contributed by atoms with Crippen molar-refractivity contribution in [2.24, 2.45) is 0 Å². The van der Waals surface area contributed by atoms with E-state index in [1.807, 2.05) is 9.80 Å². The molecule has 0 bridgehead atoms. The van der Waals surface area contributed by atoms with Gasteiger partial charge in [-0.25, -0.2) is 4.39 Å². The van der Waals surface area contributed by atoms with Crippen molar-refractivity contribution in [2.75, 3.05) is 45.8 Å². The van der Waals surface area contributed by atoms with Crippen LogP contribution in [0.15, 0.2) is 30.3 Å². The Labute approximate surface area is 169 Å². The average molecular weight is 399 g/mol. The normalized spacial score (nSPS) is 18.1. The summed E-state index contributed by atoms with van der Waals surface area (Å²) in [6, 6.07) is 7.73. The second-order valence-corrected chi connectivity index (χ2v) is 7.68. The third kappa shape index (κ3) is 4.64. The van der Waals surface area contributed by atoms with Gasteiger partial charge in [-0.2, -0.15) is 5.10 Å². The molecule has 0 aliphatic carbocycles. The number of halogens is 1. The van der Waals surface area contributed by atoms with Gasteiger partial charge in [-0.1, -0.05) is 0 Å². The van der Waals surface area contributed by atoms with Crippen LogP contribution in [-0.4, -0.2) is 82.5 Å². The van der Waals surface area contributed by atoms with Gasteiger partial charge in [-0.15, -0.1) is 0 Å². The number of H-pyrrole nitrogens is 1. The highest BCUT2D eigenvalue weighted by molar-refractivity contribution is 5.93. The number of carbonyl (C=O) groups is 2. The number of carbonyl (C=O) groups excluding carboxylic acids is 2. The van der Waals surface area contributed by atoms with Gasteiger partial charge in [0.1, 0.15) is 11.5 Å². The molecule has 2 aromatic rings. The van der Waals surface area contributed by atoms with E-state index in [9.17, 15) is 14.0 Å². The standard InChI is InChI=1S/C21H26FN5O2/c22-17-6-4-16(5-7-17)18-14-19(24-23-18)21(29)27-11-3-8-25(12-13-27)15-20(28)26-9-1-2-10-26/h4-7,14H,1-3,8-13,15H2,(H,23,24). The number of aromatic nitrogens is 2. The minimum absolute atomic E-state index is 0.0985. The molecule has 1 aromatic carbocycles. The van der Waals surface area contributed by atoms with E-state index in [4.69, 9.17) is 0 Å². The number of nitrogens with zero attached hydrogens (tertiary/aromatic N) is 4. The lowest BCUT2D eigenvalue weighted by Crippen LogP contribution is -2.41. The molecule has 2 amide bonds. The fourth-order valence-electron chi connectivity index (χ4n) is 3.96. The summed E-state index contributed by atoms with van der Waals surface area (Å²) in [7, 11) is 0. The van der Waals surface area contributed by atoms with Gasteiger partial charge in [0.15, 0.2) is 0 Å². The molecular weight excluding hydrogens is 373 g/mol. The van der Waals surface area contributed by atoms with Crippen LogP contribution in [0.3, 0.4) is 0 Å². The van der Waals surface area contributed by atoms with E-state index in [0.29, 0.717) is 37.6 Å². The van der Waals surface area contributed by atoms with Crippen LogP contribution in [0.4, 0.5) is 4.39 Å². The van der Waals surface area contributed by atoms with E-state index < -0.39 is 0 Å². The minimum atomic E-state index is -0.307. The van der Waals surface area contributed by atoms with Crippen LogP contribution in [0.5, 0.6) is 0 Å². The zero-order chi connectivity index (χ0) is 20.2. The highest BCUT2D eigenvalue weighted by atomic mass is 19.1. The van der Waals surface area contributed by atoms with Crippen LogP contribution in [0, 0.1) is 5.82 Å². The molecule has 4 rings (SSSR count). The minimum Gasteiger partial charge on any atom is -0.342 e. The number of amides is 2. The Morgan fingerprint density at radius 1 is 0.931 bits per heavy atom. The molecule has 7 nitrogen and oxygen atoms in total. The topological polar surface area (TPSA) is 72.5 Å². The summed E-state index contributed by atoms with van der Waals surface area (Å²) < 4.78 is 13.1. The Balaban J connectivity index is 1.35. The molecule has 29 heavy (non-hydrogen) atoms. The summed E-state index contributed by atoms with van der Waals surface area (Å²) in [5, 5.41) is 7.01. The molecule has 0 spiro atoms. The lowest BCUT2D eigenvalue weighted by molar-refractivity contribution is -0.131. The largest absolute Gasteiger partial charge is 0.342 e. The second kappa shape index (κ2) is 8.73. The first-order valence-corrected chi connectivity index (χ1v) is 10.2. The summed E-state index contributed by atoms with van der Waals surface area (Å²) in [5.74, 6) is -0.212. The van der Waals surface area contributed by atoms with Crippen LogP contribution >= 0.6 is 0 Å². The Morgan fingerprint density at radius 2 is 1.66 bits per heavy atom. The Hall–Kier alpha value is -2.74. The lowest BCUT2D eigenvalue weighted by Gasteiger charge is -2.23. The molecule has 2 saturated heterocycles. The van der Waals surface area contributed by atoms with Gasteiger partial charge in [-0.3, -0.25) is 19.6 Å². The van der Waals surface area contributed by atoms with Gasteiger partial charge >= 0.3 is 0 Å². The number of likely N-dealkylation sites (tertiary alicyclic amines) is 1. The molecule has 2 fully saturated rings. The van der Waals surface area contributed by atoms with Crippen molar-refractivity contribution in [2.45, 2.75) is 19.3 Å². The van der Waals surface area contributed by atoms with E-state index in [2.05, 4.69) is 15.1 Å². The average Bonchev–Trinajstić information content (AvgIpc) is 3.38. The zero-order valence-corrected chi connectivity index (χ0v) is 16.4. The molecule has 1 aromatic heterocycles. The van der Waals surface area contributed by atoms with Gasteiger partial charge in [0.2, 0.25) is 5.91 Å². The van der Waals surface area contributed by atoms with Crippen LogP contribution in [0.2, 0.25) is 0 Å². The first-order chi connectivity index (χ1) is 14.1. The molecule has 154 valence electrons. The molecule has 2 aliphatic rings. The monoisotopic (exact) mass is 399 g/mol. The highest BCUT2D eigenvalue weighted by Gasteiger charge is 2.25. The zero-order valence-electron chi connectivity index (χ0n) is 16.4. The molecule has 8 heteroatoms. The summed E-state index contributed by atoms with van der Waals surface area (Å²) in [6.07, 6.45) is 3.02. The summed E-state index contributed by atoms with van der Waals surface area (Å²) >= 11 is 0. The first-order valence-electron chi connectivity index (χ1n) is 10.2. The van der Waals surface area contributed by atoms with Crippen LogP contribution < -0.4 is 0 Å². The van der Waals surface area contributed by atoms with Crippen molar-refractivity contribution in [1.82, 2.24) is 24.9 Å². The Bertz CT molecular complexity index is 860. The third-order valence-electron chi connectivity index (χ3n) is 5.64. The van der Waals surface area contributed by atoms with Crippen molar-refractivity contribution in [1.29, 1.82) is 0 Å². The number of benzene rings is 1. The SMILES string of the molecule is O=C(CN1CCCN(C(=O)c2cc(-c3ccc(F)cc3)n[nH]2)CC1)N1CCCC1. The van der Waals surface area contributed by atoms with Gasteiger partial charge in [0.25, 0.3) is 5.91 Å². The number of rotatable bonds is 4. The van der Waals surface area contributed by atoms with E-state index in [0.717, 1.165) is 44.5 Å². The fraction of sp³-hybridized carbons (Fsp3) is 0.476. The Kier molecular flexibility index (Phi) is 5.89. The van der Waals surface area contributed by atoms with Crippen molar-refractivity contribution in [3.8, 4) is 11.3 Å². The van der Waals surface area contributed by atoms with E-state index in [1.54, 1.807) is 18.2 Å². The van der Waals surface area contributed by atoms with Gasteiger partial charge in [-0.05, 0) is 49.6 Å². The predicted molar refractivity (Wildman–Crippen MR) is 107 cm³/mol. The molecule has 0 radical (unpaired) electrons. The van der Waals surface area contributed by atoms with E-state index >= 15 is 0 Å². The summed E-state index contributed by atoms with van der Waals surface area (Å²) in [6.45, 7) is 4.90. The quantitative estimate of drug-likeness (QED) is 0.854. The number of hydrogen-bond donors (Lipinski definition) is 1. The predicted octanol–water partition coefficient (Wildman–Crippen LogP) is 1.99. The maximum Gasteiger partial charge on any atom is 0.271 e. The lowest BCUT2D eigenvalue weighted by atomic mass is 10.1. The van der Waals surface area contributed by atoms with E-state index in [-0.39, 0.29) is 17.6 Å². The number of nitrogens with one attached hydrogen (secondary N) is 1. The van der Waals surface area contributed by atoms with Crippen molar-refractivity contribution in [3.05, 3.63) is 41.8 Å². The molecule has 0 atom stereocenters. The maximum absolute atomic E-state index is 13.1. The Morgan fingerprint density at radius 3 is 2.41 bits per heavy atom. The molecule has 0 saturated carbocycles. The molecule has 3 heterocycles. The van der Waals surface area contributed by atoms with Crippen LogP contribution in [-0.2, 0) is 4.79 Å². The third-order valence-corrected chi connectivity index (χ3v) is 5.64. The second-order valence-electron chi connectivity index (χ2n) is 7.68. The summed E-state index contributed by atoms with van der Waals surface area (Å²) in [5.41, 5.74) is 1.79. The first kappa shape index (κ1) is 19.6. The summed E-state index contributed by atoms with van der Waals surface area (Å²) in [4.78, 5) is 31.2. The molecular formula is C21H26FN5O2. The molecule has 0 unspecified atom stereocenters. The molecule has 1 N–H and O–H groups in total.